The van der Waals surface area contributed by atoms with Gasteiger partial charge in [0, 0.05) is 56.1 Å². The minimum Gasteiger partial charge on any atom is -0.454 e. The topological polar surface area (TPSA) is 93.0 Å². The molecule has 1 N–H and O–H groups in total. The summed E-state index contributed by atoms with van der Waals surface area (Å²) >= 11 is 0. The average Bonchev–Trinajstić information content (AvgIpc) is 3.43. The Hall–Kier alpha value is -3.75. The number of rotatable bonds is 3. The Bertz CT molecular complexity index is 1120. The molecule has 0 spiro atoms. The summed E-state index contributed by atoms with van der Waals surface area (Å²) in [7, 11) is 0. The molecule has 3 aromatic rings. The third kappa shape index (κ3) is 3.86. The van der Waals surface area contributed by atoms with Gasteiger partial charge < -0.3 is 29.1 Å². The summed E-state index contributed by atoms with van der Waals surface area (Å²) in [5, 5.41) is 6.96. The summed E-state index contributed by atoms with van der Waals surface area (Å²) in [6.07, 6.45) is 0. The first-order chi connectivity index (χ1) is 15.1. The van der Waals surface area contributed by atoms with Crippen molar-refractivity contribution in [3.05, 3.63) is 47.9 Å². The van der Waals surface area contributed by atoms with E-state index in [-0.39, 0.29) is 12.8 Å². The molecule has 0 saturated carbocycles. The zero-order valence-corrected chi connectivity index (χ0v) is 17.4. The Morgan fingerprint density at radius 3 is 2.58 bits per heavy atom. The van der Waals surface area contributed by atoms with Crippen molar-refractivity contribution < 1.29 is 18.8 Å². The molecule has 2 aliphatic rings. The second kappa shape index (κ2) is 7.82. The maximum absolute atomic E-state index is 12.7. The van der Waals surface area contributed by atoms with E-state index in [0.717, 1.165) is 24.3 Å². The third-order valence-electron chi connectivity index (χ3n) is 5.53. The maximum atomic E-state index is 12.7. The molecular weight excluding hydrogens is 398 g/mol. The van der Waals surface area contributed by atoms with Crippen LogP contribution in [0.15, 0.2) is 40.9 Å². The second-order valence-electron chi connectivity index (χ2n) is 7.61. The number of carbonyl (C=O) groups excluding carboxylic acids is 1. The summed E-state index contributed by atoms with van der Waals surface area (Å²) in [4.78, 5) is 21.1. The van der Waals surface area contributed by atoms with Crippen LogP contribution in [0.2, 0.25) is 0 Å². The first-order valence-electron chi connectivity index (χ1n) is 10.2. The predicted octanol–water partition coefficient (Wildman–Crippen LogP) is 3.44. The van der Waals surface area contributed by atoms with Gasteiger partial charge in [-0.2, -0.15) is 4.98 Å². The van der Waals surface area contributed by atoms with Crippen LogP contribution in [0.5, 0.6) is 11.5 Å². The van der Waals surface area contributed by atoms with Gasteiger partial charge in [-0.3, -0.25) is 0 Å². The number of benzene rings is 2. The maximum Gasteiger partial charge on any atom is 0.321 e. The van der Waals surface area contributed by atoms with E-state index in [2.05, 4.69) is 39.4 Å². The van der Waals surface area contributed by atoms with E-state index in [0.29, 0.717) is 42.0 Å². The van der Waals surface area contributed by atoms with Crippen molar-refractivity contribution in [2.75, 3.05) is 43.2 Å². The smallest absolute Gasteiger partial charge is 0.321 e. The van der Waals surface area contributed by atoms with E-state index in [1.165, 1.54) is 5.56 Å². The monoisotopic (exact) mass is 421 g/mol. The number of aryl methyl sites for hydroxylation is 2. The molecule has 1 saturated heterocycles. The highest BCUT2D eigenvalue weighted by Crippen LogP contribution is 2.34. The van der Waals surface area contributed by atoms with Crippen LogP contribution in [0.25, 0.3) is 11.4 Å². The first-order valence-corrected chi connectivity index (χ1v) is 10.2. The summed E-state index contributed by atoms with van der Waals surface area (Å²) in [6, 6.07) is 11.4. The lowest BCUT2D eigenvalue weighted by molar-refractivity contribution is 0.174. The van der Waals surface area contributed by atoms with Crippen molar-refractivity contribution in [1.82, 2.24) is 15.0 Å². The fourth-order valence-corrected chi connectivity index (χ4v) is 3.83. The number of hydrogen-bond donors (Lipinski definition) is 1. The van der Waals surface area contributed by atoms with E-state index >= 15 is 0 Å². The highest BCUT2D eigenvalue weighted by atomic mass is 16.7. The average molecular weight is 421 g/mol. The number of hydrogen-bond acceptors (Lipinski definition) is 7. The quantitative estimate of drug-likeness (QED) is 0.692. The van der Waals surface area contributed by atoms with Gasteiger partial charge in [-0.1, -0.05) is 17.3 Å². The molecule has 9 nitrogen and oxygen atoms in total. The Kier molecular flexibility index (Phi) is 4.85. The van der Waals surface area contributed by atoms with Gasteiger partial charge in [0.2, 0.25) is 18.5 Å². The van der Waals surface area contributed by atoms with Crippen LogP contribution in [0.4, 0.5) is 16.2 Å². The Balaban J connectivity index is 1.23. The minimum absolute atomic E-state index is 0.119. The predicted molar refractivity (Wildman–Crippen MR) is 115 cm³/mol. The number of amides is 2. The Morgan fingerprint density at radius 1 is 1.00 bits per heavy atom. The standard InChI is InChI=1S/C22H23N5O4/c1-14-3-4-16(21-23-15(2)31-25-21)11-18(14)26-7-9-27(10-8-26)22(28)24-17-5-6-19-20(12-17)30-13-29-19/h3-6,11-12H,7-10,13H2,1-2H3,(H,24,28). The molecule has 0 aliphatic carbocycles. The molecule has 9 heteroatoms. The summed E-state index contributed by atoms with van der Waals surface area (Å²) < 4.78 is 15.8. The van der Waals surface area contributed by atoms with E-state index in [1.807, 2.05) is 17.0 Å². The van der Waals surface area contributed by atoms with Gasteiger partial charge in [-0.25, -0.2) is 4.79 Å². The number of aromatic nitrogens is 2. The SMILES string of the molecule is Cc1nc(-c2ccc(C)c(N3CCN(C(=O)Nc4ccc5c(c4)OCO5)CC3)c2)no1. The van der Waals surface area contributed by atoms with Crippen LogP contribution >= 0.6 is 0 Å². The summed E-state index contributed by atoms with van der Waals surface area (Å²) in [5.74, 6) is 2.47. The zero-order chi connectivity index (χ0) is 21.4. The molecule has 0 bridgehead atoms. The zero-order valence-electron chi connectivity index (χ0n) is 17.4. The van der Waals surface area contributed by atoms with Crippen LogP contribution in [-0.2, 0) is 0 Å². The van der Waals surface area contributed by atoms with Crippen molar-refractivity contribution >= 4 is 17.4 Å². The normalized spacial score (nSPS) is 15.3. The van der Waals surface area contributed by atoms with E-state index in [1.54, 1.807) is 19.1 Å². The molecule has 3 heterocycles. The number of carbonyl (C=O) groups is 1. The molecular formula is C22H23N5O4. The van der Waals surface area contributed by atoms with Crippen molar-refractivity contribution in [1.29, 1.82) is 0 Å². The highest BCUT2D eigenvalue weighted by Gasteiger charge is 2.23. The van der Waals surface area contributed by atoms with E-state index in [9.17, 15) is 4.79 Å². The molecule has 0 unspecified atom stereocenters. The van der Waals surface area contributed by atoms with Crippen LogP contribution in [-0.4, -0.2) is 54.0 Å². The summed E-state index contributed by atoms with van der Waals surface area (Å²) in [6.45, 7) is 6.80. The summed E-state index contributed by atoms with van der Waals surface area (Å²) in [5.41, 5.74) is 3.90. The largest absolute Gasteiger partial charge is 0.454 e. The number of nitrogens with zero attached hydrogens (tertiary/aromatic N) is 4. The molecule has 2 aliphatic heterocycles. The van der Waals surface area contributed by atoms with E-state index in [4.69, 9.17) is 14.0 Å². The van der Waals surface area contributed by atoms with Crippen molar-refractivity contribution in [3.8, 4) is 22.9 Å². The van der Waals surface area contributed by atoms with Gasteiger partial charge in [-0.05, 0) is 30.7 Å². The van der Waals surface area contributed by atoms with Gasteiger partial charge >= 0.3 is 6.03 Å². The lowest BCUT2D eigenvalue weighted by Crippen LogP contribution is -2.50. The number of piperazine rings is 1. The number of fused-ring (bicyclic) bond motifs is 1. The molecule has 5 rings (SSSR count). The van der Waals surface area contributed by atoms with Gasteiger partial charge in [0.15, 0.2) is 11.5 Å². The number of nitrogens with one attached hydrogen (secondary N) is 1. The van der Waals surface area contributed by atoms with Gasteiger partial charge in [-0.15, -0.1) is 0 Å². The van der Waals surface area contributed by atoms with Crippen molar-refractivity contribution in [2.24, 2.45) is 0 Å². The Labute approximate surface area is 179 Å². The Morgan fingerprint density at radius 2 is 1.81 bits per heavy atom. The van der Waals surface area contributed by atoms with Crippen LogP contribution in [0.1, 0.15) is 11.5 Å². The van der Waals surface area contributed by atoms with Gasteiger partial charge in [0.25, 0.3) is 0 Å². The van der Waals surface area contributed by atoms with Gasteiger partial charge in [0.1, 0.15) is 0 Å². The number of ether oxygens (including phenoxy) is 2. The van der Waals surface area contributed by atoms with Crippen molar-refractivity contribution in [2.45, 2.75) is 13.8 Å². The lowest BCUT2D eigenvalue weighted by Gasteiger charge is -2.36. The molecule has 0 atom stereocenters. The molecule has 160 valence electrons. The van der Waals surface area contributed by atoms with Gasteiger partial charge in [0.05, 0.1) is 0 Å². The van der Waals surface area contributed by atoms with Crippen molar-refractivity contribution in [3.63, 3.8) is 0 Å². The third-order valence-corrected chi connectivity index (χ3v) is 5.53. The molecule has 1 aromatic heterocycles. The minimum atomic E-state index is -0.119. The fraction of sp³-hybridized carbons (Fsp3) is 0.318. The van der Waals surface area contributed by atoms with Crippen LogP contribution in [0, 0.1) is 13.8 Å². The fourth-order valence-electron chi connectivity index (χ4n) is 3.83. The van der Waals surface area contributed by atoms with E-state index < -0.39 is 0 Å². The first kappa shape index (κ1) is 19.2. The van der Waals surface area contributed by atoms with Crippen LogP contribution in [0.3, 0.4) is 0 Å². The second-order valence-corrected chi connectivity index (χ2v) is 7.61. The molecule has 31 heavy (non-hydrogen) atoms. The molecule has 1 fully saturated rings. The number of anilines is 2. The number of urea groups is 1. The lowest BCUT2D eigenvalue weighted by atomic mass is 10.1. The highest BCUT2D eigenvalue weighted by molar-refractivity contribution is 5.90. The molecule has 2 aromatic carbocycles. The molecule has 2 amide bonds. The molecule has 0 radical (unpaired) electrons. The van der Waals surface area contributed by atoms with Crippen LogP contribution < -0.4 is 19.7 Å².